The highest BCUT2D eigenvalue weighted by Gasteiger charge is 2.43. The van der Waals surface area contributed by atoms with Gasteiger partial charge in [0.1, 0.15) is 0 Å². The van der Waals surface area contributed by atoms with Crippen molar-refractivity contribution in [3.05, 3.63) is 29.3 Å². The Bertz CT molecular complexity index is 704. The summed E-state index contributed by atoms with van der Waals surface area (Å²) >= 11 is 6.13. The van der Waals surface area contributed by atoms with Gasteiger partial charge in [0.05, 0.1) is 0 Å². The van der Waals surface area contributed by atoms with Crippen LogP contribution in [-0.2, 0) is 4.79 Å². The van der Waals surface area contributed by atoms with Crippen LogP contribution in [0.4, 0.5) is 5.69 Å². The topological polar surface area (TPSA) is 26.8 Å². The molecule has 1 amide bonds. The number of anilines is 1. The Morgan fingerprint density at radius 3 is 2.39 bits per heavy atom. The Morgan fingerprint density at radius 2 is 1.68 bits per heavy atom. The second-order valence-electron chi connectivity index (χ2n) is 9.54. The van der Waals surface area contributed by atoms with Crippen LogP contribution in [0.15, 0.2) is 24.3 Å². The van der Waals surface area contributed by atoms with Crippen LogP contribution >= 0.6 is 11.6 Å². The molecule has 152 valence electrons. The van der Waals surface area contributed by atoms with Gasteiger partial charge in [0, 0.05) is 62.4 Å². The minimum absolute atomic E-state index is 0.412. The van der Waals surface area contributed by atoms with Gasteiger partial charge in [0.2, 0.25) is 5.91 Å². The van der Waals surface area contributed by atoms with E-state index in [1.54, 1.807) is 0 Å². The summed E-state index contributed by atoms with van der Waals surface area (Å²) in [5.41, 5.74) is 1.21. The van der Waals surface area contributed by atoms with E-state index in [0.29, 0.717) is 18.4 Å². The first-order chi connectivity index (χ1) is 13.6. The first-order valence-electron chi connectivity index (χ1n) is 11.2. The van der Waals surface area contributed by atoms with Crippen LogP contribution in [0, 0.1) is 17.8 Å². The molecule has 2 atom stereocenters. The molecule has 6 rings (SSSR count). The molecule has 2 unspecified atom stereocenters. The van der Waals surface area contributed by atoms with E-state index >= 15 is 0 Å². The van der Waals surface area contributed by atoms with E-state index in [9.17, 15) is 4.79 Å². The highest BCUT2D eigenvalue weighted by Crippen LogP contribution is 2.47. The molecule has 5 aliphatic rings. The third-order valence-electron chi connectivity index (χ3n) is 7.61. The molecule has 5 heteroatoms. The molecule has 3 aliphatic heterocycles. The number of nitrogens with zero attached hydrogens (tertiary/aromatic N) is 3. The van der Waals surface area contributed by atoms with Crippen LogP contribution in [0.5, 0.6) is 0 Å². The van der Waals surface area contributed by atoms with Gasteiger partial charge in [-0.2, -0.15) is 0 Å². The van der Waals surface area contributed by atoms with Gasteiger partial charge in [-0.1, -0.05) is 17.7 Å². The summed E-state index contributed by atoms with van der Waals surface area (Å²) in [5, 5.41) is 0.797. The van der Waals surface area contributed by atoms with Crippen LogP contribution in [0.25, 0.3) is 0 Å². The van der Waals surface area contributed by atoms with Crippen LogP contribution < -0.4 is 4.90 Å². The zero-order valence-electron chi connectivity index (χ0n) is 16.7. The minimum Gasteiger partial charge on any atom is -0.369 e. The van der Waals surface area contributed by atoms with Crippen molar-refractivity contribution >= 4 is 23.2 Å². The molecule has 1 aromatic rings. The van der Waals surface area contributed by atoms with Crippen LogP contribution in [0.1, 0.15) is 38.5 Å². The SMILES string of the molecule is O=C(CCN1CCN(c2cccc(Cl)c2)CC1)N1CC2CC3CC(C2)CC1C3. The molecule has 4 bridgehead atoms. The lowest BCUT2D eigenvalue weighted by Crippen LogP contribution is -2.48. The number of hydrogen-bond donors (Lipinski definition) is 0. The Labute approximate surface area is 173 Å². The molecule has 2 aliphatic carbocycles. The van der Waals surface area contributed by atoms with Crippen molar-refractivity contribution in [2.24, 2.45) is 17.8 Å². The Hall–Kier alpha value is -1.26. The summed E-state index contributed by atoms with van der Waals surface area (Å²) in [7, 11) is 0. The molecule has 5 fully saturated rings. The Morgan fingerprint density at radius 1 is 0.964 bits per heavy atom. The van der Waals surface area contributed by atoms with E-state index in [-0.39, 0.29) is 0 Å². The van der Waals surface area contributed by atoms with Gasteiger partial charge in [-0.25, -0.2) is 0 Å². The first kappa shape index (κ1) is 18.7. The van der Waals surface area contributed by atoms with Crippen molar-refractivity contribution < 1.29 is 4.79 Å². The van der Waals surface area contributed by atoms with Crippen molar-refractivity contribution in [2.75, 3.05) is 44.2 Å². The molecule has 3 heterocycles. The minimum atomic E-state index is 0.412. The second kappa shape index (κ2) is 7.87. The Kier molecular flexibility index (Phi) is 5.27. The van der Waals surface area contributed by atoms with Crippen LogP contribution in [0.3, 0.4) is 0 Å². The molecule has 28 heavy (non-hydrogen) atoms. The number of hydrogen-bond acceptors (Lipinski definition) is 3. The average molecular weight is 402 g/mol. The summed E-state index contributed by atoms with van der Waals surface area (Å²) < 4.78 is 0. The van der Waals surface area contributed by atoms with E-state index in [2.05, 4.69) is 20.8 Å². The number of benzene rings is 1. The number of carbonyl (C=O) groups excluding carboxylic acids is 1. The van der Waals surface area contributed by atoms with Gasteiger partial charge in [0.25, 0.3) is 0 Å². The van der Waals surface area contributed by atoms with E-state index in [4.69, 9.17) is 11.6 Å². The lowest BCUT2D eigenvalue weighted by molar-refractivity contribution is -0.134. The number of fused-ring (bicyclic) bond motifs is 1. The van der Waals surface area contributed by atoms with Crippen molar-refractivity contribution in [3.63, 3.8) is 0 Å². The predicted octanol–water partition coefficient (Wildman–Crippen LogP) is 3.89. The van der Waals surface area contributed by atoms with E-state index in [0.717, 1.165) is 62.0 Å². The Balaban J connectivity index is 1.12. The third-order valence-corrected chi connectivity index (χ3v) is 7.85. The molecule has 0 spiro atoms. The van der Waals surface area contributed by atoms with Gasteiger partial charge in [-0.3, -0.25) is 9.69 Å². The first-order valence-corrected chi connectivity index (χ1v) is 11.5. The van der Waals surface area contributed by atoms with Gasteiger partial charge in [0.15, 0.2) is 0 Å². The summed E-state index contributed by atoms with van der Waals surface area (Å²) in [4.78, 5) is 20.2. The summed E-state index contributed by atoms with van der Waals surface area (Å²) in [6, 6.07) is 8.66. The number of piperazine rings is 1. The summed E-state index contributed by atoms with van der Waals surface area (Å²) in [6.07, 6.45) is 7.43. The largest absolute Gasteiger partial charge is 0.369 e. The quantitative estimate of drug-likeness (QED) is 0.765. The monoisotopic (exact) mass is 401 g/mol. The number of carbonyl (C=O) groups is 1. The average Bonchev–Trinajstić information content (AvgIpc) is 2.90. The third kappa shape index (κ3) is 3.91. The zero-order chi connectivity index (χ0) is 19.1. The van der Waals surface area contributed by atoms with E-state index < -0.39 is 0 Å². The summed E-state index contributed by atoms with van der Waals surface area (Å²) in [6.45, 7) is 6.01. The standard InChI is InChI=1S/C23H32ClN3O/c24-20-2-1-3-21(15-20)26-8-6-25(7-9-26)5-4-23(28)27-16-19-11-17-10-18(12-19)14-22(27)13-17/h1-3,15,17-19,22H,4-14,16H2. The number of rotatable bonds is 4. The molecule has 0 aromatic heterocycles. The molecule has 2 saturated carbocycles. The maximum Gasteiger partial charge on any atom is 0.224 e. The zero-order valence-corrected chi connectivity index (χ0v) is 17.5. The molecular weight excluding hydrogens is 370 g/mol. The number of amides is 1. The normalized spacial score (nSPS) is 32.6. The molecular formula is C23H32ClN3O. The smallest absolute Gasteiger partial charge is 0.224 e. The lowest BCUT2D eigenvalue weighted by Gasteiger charge is -2.39. The van der Waals surface area contributed by atoms with Crippen LogP contribution in [0.2, 0.25) is 5.02 Å². The van der Waals surface area contributed by atoms with Crippen LogP contribution in [-0.4, -0.2) is 61.0 Å². The molecule has 4 nitrogen and oxygen atoms in total. The van der Waals surface area contributed by atoms with Crippen molar-refractivity contribution in [1.82, 2.24) is 9.80 Å². The molecule has 3 saturated heterocycles. The maximum atomic E-state index is 13.1. The summed E-state index contributed by atoms with van der Waals surface area (Å²) in [5.74, 6) is 3.00. The fraction of sp³-hybridized carbons (Fsp3) is 0.696. The van der Waals surface area contributed by atoms with Gasteiger partial charge >= 0.3 is 0 Å². The van der Waals surface area contributed by atoms with Crippen molar-refractivity contribution in [1.29, 1.82) is 0 Å². The van der Waals surface area contributed by atoms with Crippen molar-refractivity contribution in [2.45, 2.75) is 44.6 Å². The molecule has 0 N–H and O–H groups in total. The predicted molar refractivity (Wildman–Crippen MR) is 114 cm³/mol. The second-order valence-corrected chi connectivity index (χ2v) is 9.97. The van der Waals surface area contributed by atoms with Gasteiger partial charge in [-0.15, -0.1) is 0 Å². The highest BCUT2D eigenvalue weighted by molar-refractivity contribution is 6.30. The molecule has 1 aromatic carbocycles. The van der Waals surface area contributed by atoms with Crippen molar-refractivity contribution in [3.8, 4) is 0 Å². The maximum absolute atomic E-state index is 13.1. The van der Waals surface area contributed by atoms with E-state index in [1.165, 1.54) is 37.8 Å². The van der Waals surface area contributed by atoms with E-state index in [1.807, 2.05) is 18.2 Å². The molecule has 0 radical (unpaired) electrons. The fourth-order valence-corrected chi connectivity index (χ4v) is 6.57. The van der Waals surface area contributed by atoms with Gasteiger partial charge < -0.3 is 9.80 Å². The van der Waals surface area contributed by atoms with Gasteiger partial charge in [-0.05, 0) is 68.1 Å². The number of halogens is 1. The lowest BCUT2D eigenvalue weighted by atomic mass is 9.68. The fourth-order valence-electron chi connectivity index (χ4n) is 6.39. The highest BCUT2D eigenvalue weighted by atomic mass is 35.5.